The molecule has 0 aliphatic carbocycles. The maximum Gasteiger partial charge on any atom is 0.246 e. The number of hydrogen-bond donors (Lipinski definition) is 2. The maximum atomic E-state index is 13.1. The molecule has 0 aliphatic rings. The molecule has 1 unspecified atom stereocenters. The number of hydrogen-bond acceptors (Lipinski definition) is 2. The second kappa shape index (κ2) is 6.39. The average molecular weight is 286 g/mol. The highest BCUT2D eigenvalue weighted by Crippen LogP contribution is 2.17. The standard InChI is InChI=1S/C17H19FN2O/c1-11-4-7-15(8-5-11)20-17(21)13(3)19-16-9-6-14(18)10-12(16)2/h4-10,13,19H,1-3H3,(H,20,21). The van der Waals surface area contributed by atoms with Gasteiger partial charge in [0, 0.05) is 11.4 Å². The van der Waals surface area contributed by atoms with E-state index in [1.54, 1.807) is 19.9 Å². The third-order valence-corrected chi connectivity index (χ3v) is 3.27. The summed E-state index contributed by atoms with van der Waals surface area (Å²) in [6, 6.07) is 11.6. The van der Waals surface area contributed by atoms with E-state index in [1.165, 1.54) is 12.1 Å². The van der Waals surface area contributed by atoms with Gasteiger partial charge < -0.3 is 10.6 Å². The summed E-state index contributed by atoms with van der Waals surface area (Å²) in [7, 11) is 0. The van der Waals surface area contributed by atoms with Crippen molar-refractivity contribution >= 4 is 17.3 Å². The van der Waals surface area contributed by atoms with Crippen molar-refractivity contribution in [3.05, 3.63) is 59.4 Å². The Hall–Kier alpha value is -2.36. The number of amides is 1. The first-order chi connectivity index (χ1) is 9.95. The smallest absolute Gasteiger partial charge is 0.246 e. The van der Waals surface area contributed by atoms with Gasteiger partial charge in [0.25, 0.3) is 0 Å². The van der Waals surface area contributed by atoms with Crippen LogP contribution in [0.1, 0.15) is 18.1 Å². The molecule has 2 aromatic carbocycles. The third kappa shape index (κ3) is 4.05. The Balaban J connectivity index is 2.00. The summed E-state index contributed by atoms with van der Waals surface area (Å²) in [6.07, 6.45) is 0. The number of anilines is 2. The van der Waals surface area contributed by atoms with Crippen LogP contribution in [0.2, 0.25) is 0 Å². The molecule has 2 rings (SSSR count). The first kappa shape index (κ1) is 15.0. The van der Waals surface area contributed by atoms with Crippen LogP contribution in [-0.2, 0) is 4.79 Å². The normalized spacial score (nSPS) is 11.8. The van der Waals surface area contributed by atoms with Gasteiger partial charge >= 0.3 is 0 Å². The van der Waals surface area contributed by atoms with Crippen LogP contribution in [-0.4, -0.2) is 11.9 Å². The first-order valence-corrected chi connectivity index (χ1v) is 6.86. The van der Waals surface area contributed by atoms with Gasteiger partial charge in [-0.05, 0) is 56.7 Å². The summed E-state index contributed by atoms with van der Waals surface area (Å²) in [6.45, 7) is 5.56. The van der Waals surface area contributed by atoms with Gasteiger partial charge in [0.2, 0.25) is 5.91 Å². The van der Waals surface area contributed by atoms with Crippen molar-refractivity contribution in [2.24, 2.45) is 0 Å². The van der Waals surface area contributed by atoms with Crippen LogP contribution in [0.15, 0.2) is 42.5 Å². The summed E-state index contributed by atoms with van der Waals surface area (Å²) in [5.41, 5.74) is 3.42. The molecule has 0 spiro atoms. The van der Waals surface area contributed by atoms with Gasteiger partial charge in [-0.3, -0.25) is 4.79 Å². The van der Waals surface area contributed by atoms with E-state index in [0.29, 0.717) is 0 Å². The number of benzene rings is 2. The molecule has 0 bridgehead atoms. The van der Waals surface area contributed by atoms with Crippen LogP contribution in [0.25, 0.3) is 0 Å². The average Bonchev–Trinajstić information content (AvgIpc) is 2.44. The lowest BCUT2D eigenvalue weighted by molar-refractivity contribution is -0.116. The Morgan fingerprint density at radius 1 is 1.10 bits per heavy atom. The zero-order valence-electron chi connectivity index (χ0n) is 12.4. The molecule has 0 aromatic heterocycles. The molecular weight excluding hydrogens is 267 g/mol. The number of carbonyl (C=O) groups is 1. The van der Waals surface area contributed by atoms with Gasteiger partial charge in [-0.25, -0.2) is 4.39 Å². The van der Waals surface area contributed by atoms with Gasteiger partial charge in [0.1, 0.15) is 11.9 Å². The molecule has 2 aromatic rings. The van der Waals surface area contributed by atoms with Crippen molar-refractivity contribution in [2.45, 2.75) is 26.8 Å². The SMILES string of the molecule is Cc1ccc(NC(=O)C(C)Nc2ccc(F)cc2C)cc1. The molecule has 0 aliphatic heterocycles. The summed E-state index contributed by atoms with van der Waals surface area (Å²) in [5.74, 6) is -0.419. The fraction of sp³-hybridized carbons (Fsp3) is 0.235. The summed E-state index contributed by atoms with van der Waals surface area (Å²) in [4.78, 5) is 12.1. The lowest BCUT2D eigenvalue weighted by atomic mass is 10.1. The van der Waals surface area contributed by atoms with E-state index in [1.807, 2.05) is 31.2 Å². The Morgan fingerprint density at radius 3 is 2.38 bits per heavy atom. The quantitative estimate of drug-likeness (QED) is 0.895. The molecule has 0 saturated carbocycles. The van der Waals surface area contributed by atoms with E-state index in [9.17, 15) is 9.18 Å². The minimum absolute atomic E-state index is 0.137. The second-order valence-electron chi connectivity index (χ2n) is 5.18. The predicted molar refractivity (Wildman–Crippen MR) is 84.0 cm³/mol. The van der Waals surface area contributed by atoms with Gasteiger partial charge in [0.15, 0.2) is 0 Å². The molecule has 110 valence electrons. The van der Waals surface area contributed by atoms with Gasteiger partial charge in [-0.1, -0.05) is 17.7 Å². The zero-order valence-corrected chi connectivity index (χ0v) is 12.4. The molecule has 0 radical (unpaired) electrons. The van der Waals surface area contributed by atoms with Crippen molar-refractivity contribution in [1.29, 1.82) is 0 Å². The van der Waals surface area contributed by atoms with E-state index >= 15 is 0 Å². The Morgan fingerprint density at radius 2 is 1.76 bits per heavy atom. The number of aryl methyl sites for hydroxylation is 2. The summed E-state index contributed by atoms with van der Waals surface area (Å²) < 4.78 is 13.1. The van der Waals surface area contributed by atoms with Crippen LogP contribution in [0.3, 0.4) is 0 Å². The highest BCUT2D eigenvalue weighted by atomic mass is 19.1. The van der Waals surface area contributed by atoms with Crippen molar-refractivity contribution in [3.63, 3.8) is 0 Å². The first-order valence-electron chi connectivity index (χ1n) is 6.86. The Kier molecular flexibility index (Phi) is 4.58. The van der Waals surface area contributed by atoms with Crippen LogP contribution >= 0.6 is 0 Å². The molecular formula is C17H19FN2O. The molecule has 3 nitrogen and oxygen atoms in total. The van der Waals surface area contributed by atoms with Crippen molar-refractivity contribution in [2.75, 3.05) is 10.6 Å². The number of halogens is 1. The van der Waals surface area contributed by atoms with E-state index in [4.69, 9.17) is 0 Å². The van der Waals surface area contributed by atoms with Gasteiger partial charge in [-0.2, -0.15) is 0 Å². The van der Waals surface area contributed by atoms with Crippen molar-refractivity contribution in [1.82, 2.24) is 0 Å². The third-order valence-electron chi connectivity index (χ3n) is 3.27. The van der Waals surface area contributed by atoms with Gasteiger partial charge in [-0.15, -0.1) is 0 Å². The van der Waals surface area contributed by atoms with E-state index in [-0.39, 0.29) is 11.7 Å². The van der Waals surface area contributed by atoms with E-state index in [2.05, 4.69) is 10.6 Å². The van der Waals surface area contributed by atoms with Gasteiger partial charge in [0.05, 0.1) is 0 Å². The summed E-state index contributed by atoms with van der Waals surface area (Å²) in [5, 5.41) is 5.93. The van der Waals surface area contributed by atoms with Crippen LogP contribution in [0.4, 0.5) is 15.8 Å². The zero-order chi connectivity index (χ0) is 15.4. The summed E-state index contributed by atoms with van der Waals surface area (Å²) >= 11 is 0. The van der Waals surface area contributed by atoms with Crippen molar-refractivity contribution in [3.8, 4) is 0 Å². The highest BCUT2D eigenvalue weighted by Gasteiger charge is 2.13. The highest BCUT2D eigenvalue weighted by molar-refractivity contribution is 5.96. The monoisotopic (exact) mass is 286 g/mol. The lowest BCUT2D eigenvalue weighted by Gasteiger charge is -2.17. The molecule has 1 amide bonds. The molecule has 2 N–H and O–H groups in total. The molecule has 0 fully saturated rings. The number of nitrogens with one attached hydrogen (secondary N) is 2. The van der Waals surface area contributed by atoms with Crippen molar-refractivity contribution < 1.29 is 9.18 Å². The number of rotatable bonds is 4. The molecule has 1 atom stereocenters. The lowest BCUT2D eigenvalue weighted by Crippen LogP contribution is -2.32. The molecule has 21 heavy (non-hydrogen) atoms. The van der Waals surface area contributed by atoms with Crippen LogP contribution in [0, 0.1) is 19.7 Å². The minimum atomic E-state index is -0.421. The van der Waals surface area contributed by atoms with E-state index in [0.717, 1.165) is 22.5 Å². The minimum Gasteiger partial charge on any atom is -0.374 e. The maximum absolute atomic E-state index is 13.1. The fourth-order valence-corrected chi connectivity index (χ4v) is 1.98. The second-order valence-corrected chi connectivity index (χ2v) is 5.18. The van der Waals surface area contributed by atoms with Crippen LogP contribution < -0.4 is 10.6 Å². The topological polar surface area (TPSA) is 41.1 Å². The predicted octanol–water partition coefficient (Wildman–Crippen LogP) is 3.88. The molecule has 0 heterocycles. The molecule has 4 heteroatoms. The molecule has 0 saturated heterocycles. The number of carbonyl (C=O) groups excluding carboxylic acids is 1. The Labute approximate surface area is 124 Å². The van der Waals surface area contributed by atoms with E-state index < -0.39 is 6.04 Å². The fourth-order valence-electron chi connectivity index (χ4n) is 1.98. The van der Waals surface area contributed by atoms with Crippen LogP contribution in [0.5, 0.6) is 0 Å². The Bertz CT molecular complexity index is 638. The largest absolute Gasteiger partial charge is 0.374 e.